The highest BCUT2D eigenvalue weighted by Crippen LogP contribution is 2.13. The summed E-state index contributed by atoms with van der Waals surface area (Å²) in [5, 5.41) is 25.0. The van der Waals surface area contributed by atoms with Crippen molar-refractivity contribution < 1.29 is 15.0 Å². The number of aromatic nitrogens is 3. The van der Waals surface area contributed by atoms with E-state index in [1.165, 1.54) is 10.9 Å². The Balaban J connectivity index is 2.29. The second-order valence-corrected chi connectivity index (χ2v) is 4.91. The fraction of sp³-hybridized carbons (Fsp3) is 0.667. The van der Waals surface area contributed by atoms with E-state index in [0.717, 1.165) is 12.2 Å². The van der Waals surface area contributed by atoms with Crippen LogP contribution in [0.25, 0.3) is 0 Å². The lowest BCUT2D eigenvalue weighted by atomic mass is 10.3. The van der Waals surface area contributed by atoms with Crippen molar-refractivity contribution in [1.29, 1.82) is 0 Å². The normalized spacial score (nSPS) is 12.6. The molecule has 0 fully saturated rings. The molecule has 0 aliphatic heterocycles. The minimum atomic E-state index is -1.06. The smallest absolute Gasteiger partial charge is 0.358 e. The van der Waals surface area contributed by atoms with Crippen molar-refractivity contribution in [2.75, 3.05) is 12.4 Å². The second kappa shape index (κ2) is 6.49. The van der Waals surface area contributed by atoms with Gasteiger partial charge in [-0.25, -0.2) is 4.79 Å². The van der Waals surface area contributed by atoms with Gasteiger partial charge in [0.25, 0.3) is 0 Å². The summed E-state index contributed by atoms with van der Waals surface area (Å²) in [6.45, 7) is 2.87. The summed E-state index contributed by atoms with van der Waals surface area (Å²) in [5.41, 5.74) is -0.0339. The first-order chi connectivity index (χ1) is 7.63. The Bertz CT molecular complexity index is 342. The highest BCUT2D eigenvalue weighted by Gasteiger charge is 2.08. The van der Waals surface area contributed by atoms with Gasteiger partial charge in [0.05, 0.1) is 12.7 Å². The number of rotatable bonds is 7. The van der Waals surface area contributed by atoms with Crippen LogP contribution in [0.3, 0.4) is 0 Å². The molecular formula is C9H15N3O3S. The number of aryl methyl sites for hydroxylation is 1. The van der Waals surface area contributed by atoms with Gasteiger partial charge in [-0.15, -0.1) is 5.10 Å². The van der Waals surface area contributed by atoms with Crippen molar-refractivity contribution in [2.45, 2.75) is 25.1 Å². The number of aromatic carboxylic acids is 1. The van der Waals surface area contributed by atoms with Gasteiger partial charge in [-0.2, -0.15) is 11.8 Å². The number of hydrogen-bond donors (Lipinski definition) is 2. The van der Waals surface area contributed by atoms with Crippen LogP contribution in [0.15, 0.2) is 6.20 Å². The molecule has 90 valence electrons. The Morgan fingerprint density at radius 3 is 3.00 bits per heavy atom. The first-order valence-electron chi connectivity index (χ1n) is 4.99. The van der Waals surface area contributed by atoms with E-state index >= 15 is 0 Å². The van der Waals surface area contributed by atoms with Gasteiger partial charge in [-0.05, 0) is 6.42 Å². The maximum Gasteiger partial charge on any atom is 0.358 e. The van der Waals surface area contributed by atoms with Crippen LogP contribution in [0.4, 0.5) is 0 Å². The molecule has 0 saturated carbocycles. The van der Waals surface area contributed by atoms with Crippen molar-refractivity contribution in [1.82, 2.24) is 15.0 Å². The number of carboxylic acids is 1. The van der Waals surface area contributed by atoms with Crippen LogP contribution in [-0.2, 0) is 6.54 Å². The van der Waals surface area contributed by atoms with Crippen molar-refractivity contribution >= 4 is 17.7 Å². The second-order valence-electron chi connectivity index (χ2n) is 3.37. The van der Waals surface area contributed by atoms with Gasteiger partial charge in [-0.1, -0.05) is 12.1 Å². The van der Waals surface area contributed by atoms with E-state index in [9.17, 15) is 4.79 Å². The van der Waals surface area contributed by atoms with Gasteiger partial charge in [0.2, 0.25) is 0 Å². The van der Waals surface area contributed by atoms with Crippen LogP contribution < -0.4 is 0 Å². The van der Waals surface area contributed by atoms with Gasteiger partial charge in [0.15, 0.2) is 5.69 Å². The molecule has 7 heteroatoms. The lowest BCUT2D eigenvalue weighted by molar-refractivity contribution is 0.0690. The summed E-state index contributed by atoms with van der Waals surface area (Å²) in [5.74, 6) is -0.239. The number of carbonyl (C=O) groups is 1. The van der Waals surface area contributed by atoms with Crippen molar-refractivity contribution in [3.8, 4) is 0 Å². The van der Waals surface area contributed by atoms with Crippen LogP contribution in [0.2, 0.25) is 0 Å². The predicted octanol–water partition coefficient (Wildman–Crippen LogP) is 0.480. The van der Waals surface area contributed by atoms with E-state index in [1.807, 2.05) is 6.92 Å². The molecule has 6 nitrogen and oxygen atoms in total. The number of nitrogens with zero attached hydrogens (tertiary/aromatic N) is 3. The van der Waals surface area contributed by atoms with Gasteiger partial charge in [0.1, 0.15) is 0 Å². The summed E-state index contributed by atoms with van der Waals surface area (Å²) < 4.78 is 1.52. The number of hydrogen-bond acceptors (Lipinski definition) is 5. The first-order valence-corrected chi connectivity index (χ1v) is 6.04. The van der Waals surface area contributed by atoms with E-state index in [1.54, 1.807) is 11.8 Å². The van der Waals surface area contributed by atoms with Crippen molar-refractivity contribution in [2.24, 2.45) is 0 Å². The molecule has 0 aliphatic rings. The van der Waals surface area contributed by atoms with Crippen LogP contribution in [0, 0.1) is 0 Å². The molecule has 2 N–H and O–H groups in total. The zero-order valence-corrected chi connectivity index (χ0v) is 9.85. The van der Waals surface area contributed by atoms with Gasteiger partial charge >= 0.3 is 5.97 Å². The molecule has 1 rings (SSSR count). The molecule has 0 aromatic carbocycles. The SMILES string of the molecule is CC(CCO)SCCn1cc(C(=O)O)nn1. The lowest BCUT2D eigenvalue weighted by Gasteiger charge is -2.08. The predicted molar refractivity (Wildman–Crippen MR) is 60.6 cm³/mol. The quantitative estimate of drug-likeness (QED) is 0.726. The summed E-state index contributed by atoms with van der Waals surface area (Å²) in [6.07, 6.45) is 2.18. The molecule has 1 atom stereocenters. The Hall–Kier alpha value is -1.08. The van der Waals surface area contributed by atoms with E-state index in [0.29, 0.717) is 11.8 Å². The largest absolute Gasteiger partial charge is 0.476 e. The molecule has 0 radical (unpaired) electrons. The van der Waals surface area contributed by atoms with E-state index < -0.39 is 5.97 Å². The van der Waals surface area contributed by atoms with Gasteiger partial charge in [0, 0.05) is 17.6 Å². The lowest BCUT2D eigenvalue weighted by Crippen LogP contribution is -2.06. The number of aliphatic hydroxyl groups excluding tert-OH is 1. The van der Waals surface area contributed by atoms with Crippen LogP contribution >= 0.6 is 11.8 Å². The molecule has 1 heterocycles. The molecule has 0 bridgehead atoms. The average Bonchev–Trinajstić information content (AvgIpc) is 2.67. The summed E-state index contributed by atoms with van der Waals surface area (Å²) in [7, 11) is 0. The zero-order valence-electron chi connectivity index (χ0n) is 9.04. The third kappa shape index (κ3) is 4.19. The maximum atomic E-state index is 10.5. The Morgan fingerprint density at radius 2 is 2.44 bits per heavy atom. The molecule has 1 aromatic rings. The zero-order chi connectivity index (χ0) is 12.0. The number of aliphatic hydroxyl groups is 1. The fourth-order valence-corrected chi connectivity index (χ4v) is 2.09. The molecule has 0 saturated heterocycles. The molecule has 0 amide bonds. The van der Waals surface area contributed by atoms with Crippen LogP contribution in [-0.4, -0.2) is 48.8 Å². The molecule has 1 aromatic heterocycles. The highest BCUT2D eigenvalue weighted by atomic mass is 32.2. The third-order valence-electron chi connectivity index (χ3n) is 2.02. The molecule has 0 spiro atoms. The van der Waals surface area contributed by atoms with Gasteiger partial charge in [-0.3, -0.25) is 4.68 Å². The topological polar surface area (TPSA) is 88.2 Å². The Kier molecular flexibility index (Phi) is 5.27. The van der Waals surface area contributed by atoms with E-state index in [4.69, 9.17) is 10.2 Å². The Labute approximate surface area is 97.7 Å². The van der Waals surface area contributed by atoms with Gasteiger partial charge < -0.3 is 10.2 Å². The summed E-state index contributed by atoms with van der Waals surface area (Å²) >= 11 is 1.72. The molecular weight excluding hydrogens is 230 g/mol. The van der Waals surface area contributed by atoms with Crippen LogP contribution in [0.1, 0.15) is 23.8 Å². The summed E-state index contributed by atoms with van der Waals surface area (Å²) in [6, 6.07) is 0. The van der Waals surface area contributed by atoms with Crippen molar-refractivity contribution in [3.05, 3.63) is 11.9 Å². The van der Waals surface area contributed by atoms with E-state index in [2.05, 4.69) is 10.3 Å². The molecule has 1 unspecified atom stereocenters. The van der Waals surface area contributed by atoms with Crippen LogP contribution in [0.5, 0.6) is 0 Å². The fourth-order valence-electron chi connectivity index (χ4n) is 1.12. The molecule has 16 heavy (non-hydrogen) atoms. The average molecular weight is 245 g/mol. The Morgan fingerprint density at radius 1 is 1.69 bits per heavy atom. The minimum absolute atomic E-state index is 0.0339. The monoisotopic (exact) mass is 245 g/mol. The highest BCUT2D eigenvalue weighted by molar-refractivity contribution is 7.99. The van der Waals surface area contributed by atoms with Crippen molar-refractivity contribution in [3.63, 3.8) is 0 Å². The molecule has 0 aliphatic carbocycles. The number of carboxylic acid groups (broad SMARTS) is 1. The summed E-state index contributed by atoms with van der Waals surface area (Å²) in [4.78, 5) is 10.5. The number of thioether (sulfide) groups is 1. The maximum absolute atomic E-state index is 10.5. The first kappa shape index (κ1) is 13.0. The van der Waals surface area contributed by atoms with E-state index in [-0.39, 0.29) is 12.3 Å². The minimum Gasteiger partial charge on any atom is -0.476 e. The standard InChI is InChI=1S/C9H15N3O3S/c1-7(2-4-13)16-5-3-12-6-8(9(14)15)10-11-12/h6-7,13H,2-5H2,1H3,(H,14,15). The third-order valence-corrected chi connectivity index (χ3v) is 3.24.